The van der Waals surface area contributed by atoms with E-state index in [4.69, 9.17) is 18.9 Å². The molecule has 10 heteroatoms. The zero-order valence-corrected chi connectivity index (χ0v) is 21.9. The Kier molecular flexibility index (Phi) is 6.07. The molecule has 0 saturated heterocycles. The van der Waals surface area contributed by atoms with Crippen molar-refractivity contribution in [2.24, 2.45) is 0 Å². The van der Waals surface area contributed by atoms with Crippen LogP contribution < -0.4 is 9.47 Å². The van der Waals surface area contributed by atoms with Gasteiger partial charge in [0.25, 0.3) is 0 Å². The molecule has 1 atom stereocenters. The first-order valence-corrected chi connectivity index (χ1v) is 13.9. The molecule has 0 amide bonds. The van der Waals surface area contributed by atoms with E-state index in [0.717, 1.165) is 37.9 Å². The van der Waals surface area contributed by atoms with Gasteiger partial charge in [-0.3, -0.25) is 0 Å². The number of nitrogens with zero attached hydrogens (tertiary/aromatic N) is 4. The number of imidazole rings is 1. The average Bonchev–Trinajstić information content (AvgIpc) is 3.64. The highest BCUT2D eigenvalue weighted by molar-refractivity contribution is 7.90. The summed E-state index contributed by atoms with van der Waals surface area (Å²) in [7, 11) is 1.61. The van der Waals surface area contributed by atoms with Crippen molar-refractivity contribution in [3.63, 3.8) is 0 Å². The molecule has 0 bridgehead atoms. The Hall–Kier alpha value is -3.86. The molecular formula is C27H22N4O4S2. The van der Waals surface area contributed by atoms with Gasteiger partial charge in [-0.2, -0.15) is 5.10 Å². The monoisotopic (exact) mass is 530 g/mol. The van der Waals surface area contributed by atoms with Crippen LogP contribution in [0.3, 0.4) is 0 Å². The van der Waals surface area contributed by atoms with Crippen LogP contribution in [0, 0.1) is 6.92 Å². The predicted molar refractivity (Wildman–Crippen MR) is 144 cm³/mol. The summed E-state index contributed by atoms with van der Waals surface area (Å²) in [6, 6.07) is 17.1. The molecule has 4 heterocycles. The molecule has 37 heavy (non-hydrogen) atoms. The van der Waals surface area contributed by atoms with Crippen molar-refractivity contribution in [3.8, 4) is 33.5 Å². The van der Waals surface area contributed by atoms with Crippen molar-refractivity contribution < 1.29 is 18.4 Å². The number of aromatic nitrogens is 4. The lowest BCUT2D eigenvalue weighted by Gasteiger charge is -2.08. The Morgan fingerprint density at radius 2 is 1.92 bits per heavy atom. The third-order valence-electron chi connectivity index (χ3n) is 5.87. The van der Waals surface area contributed by atoms with Crippen LogP contribution in [0.25, 0.3) is 38.6 Å². The highest BCUT2D eigenvalue weighted by Crippen LogP contribution is 2.37. The SMILES string of the molecule is COc1cc(OCc2csc(-c3ccc([S+](C)[O-])cc3)n2)c2cc(-c3cn4nc(C)ccc4n3)oc2c1. The largest absolute Gasteiger partial charge is 0.612 e. The van der Waals surface area contributed by atoms with Crippen LogP contribution in [-0.2, 0) is 17.8 Å². The number of thiazole rings is 1. The van der Waals surface area contributed by atoms with Gasteiger partial charge in [0.1, 0.15) is 40.6 Å². The van der Waals surface area contributed by atoms with Gasteiger partial charge in [-0.1, -0.05) is 0 Å². The molecule has 6 rings (SSSR count). The van der Waals surface area contributed by atoms with Crippen LogP contribution in [-0.4, -0.2) is 37.5 Å². The number of hydrogen-bond donors (Lipinski definition) is 0. The molecule has 0 radical (unpaired) electrons. The maximum absolute atomic E-state index is 11.6. The maximum Gasteiger partial charge on any atom is 0.155 e. The maximum atomic E-state index is 11.6. The summed E-state index contributed by atoms with van der Waals surface area (Å²) in [5.41, 5.74) is 4.75. The minimum absolute atomic E-state index is 0.286. The van der Waals surface area contributed by atoms with E-state index in [9.17, 15) is 4.55 Å². The molecule has 4 aromatic heterocycles. The molecular weight excluding hydrogens is 508 g/mol. The third-order valence-corrected chi connectivity index (χ3v) is 7.75. The first-order valence-electron chi connectivity index (χ1n) is 11.4. The quantitative estimate of drug-likeness (QED) is 0.237. The van der Waals surface area contributed by atoms with E-state index in [-0.39, 0.29) is 6.61 Å². The summed E-state index contributed by atoms with van der Waals surface area (Å²) >= 11 is 0.535. The van der Waals surface area contributed by atoms with Crippen LogP contribution >= 0.6 is 11.3 Å². The molecule has 8 nitrogen and oxygen atoms in total. The lowest BCUT2D eigenvalue weighted by molar-refractivity contribution is 0.303. The molecule has 0 saturated carbocycles. The minimum Gasteiger partial charge on any atom is -0.612 e. The zero-order chi connectivity index (χ0) is 25.5. The van der Waals surface area contributed by atoms with E-state index in [1.54, 1.807) is 29.2 Å². The number of hydrogen-bond acceptors (Lipinski definition) is 8. The summed E-state index contributed by atoms with van der Waals surface area (Å²) in [5.74, 6) is 1.87. The fourth-order valence-electron chi connectivity index (χ4n) is 3.99. The number of aryl methyl sites for hydroxylation is 1. The molecule has 0 aliphatic rings. The van der Waals surface area contributed by atoms with Crippen molar-refractivity contribution in [2.45, 2.75) is 18.4 Å². The number of methoxy groups -OCH3 is 1. The fourth-order valence-corrected chi connectivity index (χ4v) is 5.32. The number of benzene rings is 2. The first-order chi connectivity index (χ1) is 18.0. The van der Waals surface area contributed by atoms with E-state index < -0.39 is 11.2 Å². The smallest absolute Gasteiger partial charge is 0.155 e. The van der Waals surface area contributed by atoms with Gasteiger partial charge in [0.2, 0.25) is 0 Å². The molecule has 0 N–H and O–H groups in total. The fraction of sp³-hybridized carbons (Fsp3) is 0.148. The van der Waals surface area contributed by atoms with Gasteiger partial charge in [0.05, 0.1) is 30.1 Å². The first kappa shape index (κ1) is 23.5. The van der Waals surface area contributed by atoms with Gasteiger partial charge in [0.15, 0.2) is 16.3 Å². The Morgan fingerprint density at radius 1 is 1.08 bits per heavy atom. The van der Waals surface area contributed by atoms with Crippen molar-refractivity contribution in [3.05, 3.63) is 77.6 Å². The molecule has 0 fully saturated rings. The molecule has 2 aromatic carbocycles. The van der Waals surface area contributed by atoms with Crippen molar-refractivity contribution in [1.29, 1.82) is 0 Å². The van der Waals surface area contributed by atoms with E-state index in [2.05, 4.69) is 10.1 Å². The summed E-state index contributed by atoms with van der Waals surface area (Å²) in [6.45, 7) is 2.22. The number of rotatable bonds is 7. The number of fused-ring (bicyclic) bond motifs is 2. The minimum atomic E-state index is -1.01. The second kappa shape index (κ2) is 9.55. The van der Waals surface area contributed by atoms with E-state index in [0.29, 0.717) is 28.5 Å². The second-order valence-corrected chi connectivity index (χ2v) is 10.7. The van der Waals surface area contributed by atoms with Crippen LogP contribution in [0.1, 0.15) is 11.4 Å². The van der Waals surface area contributed by atoms with Crippen LogP contribution in [0.4, 0.5) is 0 Å². The van der Waals surface area contributed by atoms with Crippen molar-refractivity contribution >= 4 is 39.1 Å². The highest BCUT2D eigenvalue weighted by atomic mass is 32.2. The normalized spacial score (nSPS) is 12.3. The van der Waals surface area contributed by atoms with Crippen molar-refractivity contribution in [1.82, 2.24) is 19.6 Å². The predicted octanol–water partition coefficient (Wildman–Crippen LogP) is 5.90. The van der Waals surface area contributed by atoms with E-state index in [1.165, 1.54) is 0 Å². The number of furan rings is 1. The van der Waals surface area contributed by atoms with Gasteiger partial charge in [-0.15, -0.1) is 11.3 Å². The third kappa shape index (κ3) is 4.66. The van der Waals surface area contributed by atoms with Gasteiger partial charge in [-0.05, 0) is 60.6 Å². The zero-order valence-electron chi connectivity index (χ0n) is 20.3. The van der Waals surface area contributed by atoms with Gasteiger partial charge in [-0.25, -0.2) is 14.5 Å². The summed E-state index contributed by atoms with van der Waals surface area (Å²) in [6.07, 6.45) is 3.51. The Balaban J connectivity index is 1.27. The van der Waals surface area contributed by atoms with Gasteiger partial charge in [0, 0.05) is 23.1 Å². The summed E-state index contributed by atoms with van der Waals surface area (Å²) in [5, 5.41) is 8.14. The van der Waals surface area contributed by atoms with Gasteiger partial charge >= 0.3 is 0 Å². The lowest BCUT2D eigenvalue weighted by Crippen LogP contribution is -1.97. The second-order valence-electron chi connectivity index (χ2n) is 8.46. The standard InChI is InChI=1S/C27H22N4O4S2/c1-16-4-9-26-29-22(13-31(26)30-16)25-12-21-23(10-19(33-2)11-24(21)35-25)34-14-18-15-36-27(28-18)17-5-7-20(8-6-17)37(3)32/h4-13,15H,14H2,1-3H3. The van der Waals surface area contributed by atoms with Crippen LogP contribution in [0.5, 0.6) is 11.5 Å². The summed E-state index contributed by atoms with van der Waals surface area (Å²) in [4.78, 5) is 10.2. The Bertz CT molecular complexity index is 1720. The molecule has 186 valence electrons. The molecule has 6 aromatic rings. The topological polar surface area (TPSA) is 97.7 Å². The molecule has 0 aliphatic heterocycles. The lowest BCUT2D eigenvalue weighted by atomic mass is 10.2. The summed E-state index contributed by atoms with van der Waals surface area (Å²) < 4.78 is 31.2. The van der Waals surface area contributed by atoms with Crippen LogP contribution in [0.2, 0.25) is 0 Å². The van der Waals surface area contributed by atoms with E-state index in [1.807, 2.05) is 73.1 Å². The average molecular weight is 531 g/mol. The van der Waals surface area contributed by atoms with E-state index >= 15 is 0 Å². The van der Waals surface area contributed by atoms with Gasteiger partial charge < -0.3 is 18.4 Å². The van der Waals surface area contributed by atoms with Crippen LogP contribution in [0.15, 0.2) is 75.5 Å². The Morgan fingerprint density at radius 3 is 2.70 bits per heavy atom. The highest BCUT2D eigenvalue weighted by Gasteiger charge is 2.16. The number of ether oxygens (including phenoxy) is 2. The molecule has 0 aliphatic carbocycles. The molecule has 1 unspecified atom stereocenters. The van der Waals surface area contributed by atoms with Crippen molar-refractivity contribution in [2.75, 3.05) is 13.4 Å². The Labute approximate surface area is 219 Å². The molecule has 0 spiro atoms.